The smallest absolute Gasteiger partial charge is 0.0967 e. The predicted octanol–water partition coefficient (Wildman–Crippen LogP) is 2.82. The van der Waals surface area contributed by atoms with Crippen molar-refractivity contribution in [2.45, 2.75) is 32.0 Å². The number of ether oxygens (including phenoxy) is 1. The molecule has 0 saturated carbocycles. The predicted molar refractivity (Wildman–Crippen MR) is 85.6 cm³/mol. The lowest BCUT2D eigenvalue weighted by Gasteiger charge is -2.45. The molecule has 0 amide bonds. The molecular weight excluding hydrogens is 300 g/mol. The Balaban J connectivity index is 1.81. The summed E-state index contributed by atoms with van der Waals surface area (Å²) in [5.41, 5.74) is 2.10. The van der Waals surface area contributed by atoms with Gasteiger partial charge in [-0.2, -0.15) is 0 Å². The van der Waals surface area contributed by atoms with Crippen LogP contribution in [0.15, 0.2) is 30.5 Å². The van der Waals surface area contributed by atoms with Crippen LogP contribution < -0.4 is 0 Å². The number of hydrogen-bond acceptors (Lipinski definition) is 4. The van der Waals surface area contributed by atoms with Crippen LogP contribution >= 0.6 is 11.6 Å². The van der Waals surface area contributed by atoms with Crippen LogP contribution in [0, 0.1) is 0 Å². The highest BCUT2D eigenvalue weighted by Gasteiger charge is 2.36. The van der Waals surface area contributed by atoms with E-state index in [0.29, 0.717) is 6.61 Å². The summed E-state index contributed by atoms with van der Waals surface area (Å²) in [6.45, 7) is 6.64. The largest absolute Gasteiger partial charge is 0.370 e. The number of aromatic nitrogens is 3. The van der Waals surface area contributed by atoms with E-state index >= 15 is 0 Å². The van der Waals surface area contributed by atoms with Gasteiger partial charge in [0.05, 0.1) is 24.6 Å². The van der Waals surface area contributed by atoms with E-state index in [1.165, 1.54) is 0 Å². The molecule has 1 saturated heterocycles. The summed E-state index contributed by atoms with van der Waals surface area (Å²) in [5.74, 6) is 0. The van der Waals surface area contributed by atoms with Gasteiger partial charge in [-0.1, -0.05) is 35.0 Å². The first-order chi connectivity index (χ1) is 10.5. The molecule has 0 N–H and O–H groups in total. The molecule has 0 spiro atoms. The Hall–Kier alpha value is -1.43. The topological polar surface area (TPSA) is 43.2 Å². The van der Waals surface area contributed by atoms with Crippen molar-refractivity contribution < 1.29 is 4.74 Å². The summed E-state index contributed by atoms with van der Waals surface area (Å²) in [6.07, 6.45) is 1.80. The summed E-state index contributed by atoms with van der Waals surface area (Å²) in [5, 5.41) is 8.73. The SMILES string of the molecule is Cn1nncc1CN1C[C@H](c2ccccc2Cl)OCC1(C)C. The average molecular weight is 321 g/mol. The Morgan fingerprint density at radius 2 is 2.14 bits per heavy atom. The summed E-state index contributed by atoms with van der Waals surface area (Å²) in [4.78, 5) is 2.41. The lowest BCUT2D eigenvalue weighted by molar-refractivity contribution is -0.105. The van der Waals surface area contributed by atoms with Gasteiger partial charge in [-0.05, 0) is 19.9 Å². The normalized spacial score (nSPS) is 21.9. The van der Waals surface area contributed by atoms with Gasteiger partial charge in [0.2, 0.25) is 0 Å². The highest BCUT2D eigenvalue weighted by Crippen LogP contribution is 2.34. The molecule has 1 fully saturated rings. The maximum Gasteiger partial charge on any atom is 0.0967 e. The zero-order valence-electron chi connectivity index (χ0n) is 13.2. The third kappa shape index (κ3) is 3.02. The van der Waals surface area contributed by atoms with Crippen molar-refractivity contribution in [1.29, 1.82) is 0 Å². The quantitative estimate of drug-likeness (QED) is 0.872. The van der Waals surface area contributed by atoms with E-state index in [4.69, 9.17) is 16.3 Å². The third-order valence-electron chi connectivity index (χ3n) is 4.29. The highest BCUT2D eigenvalue weighted by atomic mass is 35.5. The first-order valence-corrected chi connectivity index (χ1v) is 7.80. The van der Waals surface area contributed by atoms with Crippen molar-refractivity contribution in [2.24, 2.45) is 7.05 Å². The number of halogens is 1. The fourth-order valence-corrected chi connectivity index (χ4v) is 3.01. The van der Waals surface area contributed by atoms with E-state index in [0.717, 1.165) is 29.4 Å². The minimum atomic E-state index is -0.0397. The second-order valence-corrected chi connectivity index (χ2v) is 6.77. The number of morpholine rings is 1. The molecule has 0 bridgehead atoms. The van der Waals surface area contributed by atoms with E-state index in [1.54, 1.807) is 0 Å². The molecule has 0 aliphatic carbocycles. The maximum atomic E-state index is 6.32. The number of benzene rings is 1. The van der Waals surface area contributed by atoms with Crippen molar-refractivity contribution in [3.8, 4) is 0 Å². The van der Waals surface area contributed by atoms with Gasteiger partial charge < -0.3 is 4.74 Å². The fourth-order valence-electron chi connectivity index (χ4n) is 2.75. The maximum absolute atomic E-state index is 6.32. The Bertz CT molecular complexity index is 655. The Labute approximate surface area is 135 Å². The van der Waals surface area contributed by atoms with Gasteiger partial charge >= 0.3 is 0 Å². The molecule has 1 atom stereocenters. The molecule has 3 rings (SSSR count). The van der Waals surface area contributed by atoms with Crippen LogP contribution in [0.1, 0.15) is 31.2 Å². The van der Waals surface area contributed by atoms with Crippen molar-refractivity contribution >= 4 is 11.6 Å². The first-order valence-electron chi connectivity index (χ1n) is 7.42. The Kier molecular flexibility index (Phi) is 4.21. The molecule has 1 aliphatic heterocycles. The lowest BCUT2D eigenvalue weighted by atomic mass is 9.98. The van der Waals surface area contributed by atoms with Crippen molar-refractivity contribution in [3.63, 3.8) is 0 Å². The van der Waals surface area contributed by atoms with Gasteiger partial charge in [-0.3, -0.25) is 9.58 Å². The lowest BCUT2D eigenvalue weighted by Crippen LogP contribution is -2.53. The van der Waals surface area contributed by atoms with Crippen LogP contribution in [-0.4, -0.2) is 38.6 Å². The van der Waals surface area contributed by atoms with Gasteiger partial charge in [-0.15, -0.1) is 5.10 Å². The van der Waals surface area contributed by atoms with Crippen LogP contribution in [-0.2, 0) is 18.3 Å². The first kappa shape index (κ1) is 15.5. The van der Waals surface area contributed by atoms with E-state index in [-0.39, 0.29) is 11.6 Å². The number of rotatable bonds is 3. The molecule has 118 valence electrons. The van der Waals surface area contributed by atoms with Crippen LogP contribution in [0.2, 0.25) is 5.02 Å². The zero-order valence-corrected chi connectivity index (χ0v) is 13.9. The third-order valence-corrected chi connectivity index (χ3v) is 4.64. The van der Waals surface area contributed by atoms with Gasteiger partial charge in [0.1, 0.15) is 0 Å². The van der Waals surface area contributed by atoms with E-state index in [9.17, 15) is 0 Å². The highest BCUT2D eigenvalue weighted by molar-refractivity contribution is 6.31. The van der Waals surface area contributed by atoms with Gasteiger partial charge in [-0.25, -0.2) is 0 Å². The molecule has 0 unspecified atom stereocenters. The summed E-state index contributed by atoms with van der Waals surface area (Å²) >= 11 is 6.32. The summed E-state index contributed by atoms with van der Waals surface area (Å²) < 4.78 is 7.89. The van der Waals surface area contributed by atoms with Crippen LogP contribution in [0.25, 0.3) is 0 Å². The molecule has 1 aromatic carbocycles. The summed E-state index contributed by atoms with van der Waals surface area (Å²) in [7, 11) is 1.92. The second-order valence-electron chi connectivity index (χ2n) is 6.36. The van der Waals surface area contributed by atoms with Crippen LogP contribution in [0.3, 0.4) is 0 Å². The molecule has 1 aromatic heterocycles. The minimum Gasteiger partial charge on any atom is -0.370 e. The van der Waals surface area contributed by atoms with Gasteiger partial charge in [0, 0.05) is 36.3 Å². The van der Waals surface area contributed by atoms with Crippen molar-refractivity contribution in [2.75, 3.05) is 13.2 Å². The molecule has 1 aliphatic rings. The van der Waals surface area contributed by atoms with E-state index in [2.05, 4.69) is 29.1 Å². The molecular formula is C16H21ClN4O. The van der Waals surface area contributed by atoms with E-state index in [1.807, 2.05) is 42.2 Å². The second kappa shape index (κ2) is 5.99. The van der Waals surface area contributed by atoms with Crippen LogP contribution in [0.5, 0.6) is 0 Å². The fraction of sp³-hybridized carbons (Fsp3) is 0.500. The number of aryl methyl sites for hydroxylation is 1. The Morgan fingerprint density at radius 1 is 1.36 bits per heavy atom. The van der Waals surface area contributed by atoms with E-state index < -0.39 is 0 Å². The zero-order chi connectivity index (χ0) is 15.7. The van der Waals surface area contributed by atoms with Crippen molar-refractivity contribution in [3.05, 3.63) is 46.7 Å². The standard InChI is InChI=1S/C16H21ClN4O/c1-16(2)11-22-15(13-6-4-5-7-14(13)17)10-21(16)9-12-8-18-19-20(12)3/h4-8,15H,9-11H2,1-3H3/t15-/m1/s1. The molecule has 2 aromatic rings. The summed E-state index contributed by atoms with van der Waals surface area (Å²) in [6, 6.07) is 7.89. The average Bonchev–Trinajstić information content (AvgIpc) is 2.87. The molecule has 2 heterocycles. The molecule has 5 nitrogen and oxygen atoms in total. The molecule has 6 heteroatoms. The van der Waals surface area contributed by atoms with Gasteiger partial charge in [0.15, 0.2) is 0 Å². The van der Waals surface area contributed by atoms with Crippen LogP contribution in [0.4, 0.5) is 0 Å². The minimum absolute atomic E-state index is 0.0112. The van der Waals surface area contributed by atoms with Gasteiger partial charge in [0.25, 0.3) is 0 Å². The van der Waals surface area contributed by atoms with Crippen molar-refractivity contribution in [1.82, 2.24) is 19.9 Å². The number of hydrogen-bond donors (Lipinski definition) is 0. The molecule has 22 heavy (non-hydrogen) atoms. The Morgan fingerprint density at radius 3 is 2.82 bits per heavy atom. The molecule has 0 radical (unpaired) electrons. The monoisotopic (exact) mass is 320 g/mol. The number of nitrogens with zero attached hydrogens (tertiary/aromatic N) is 4.